The number of amides is 2. The average molecular weight is 434 g/mol. The first-order valence-corrected chi connectivity index (χ1v) is 8.64. The number of amidine groups is 1. The largest absolute Gasteiger partial charge is 0.465 e. The lowest BCUT2D eigenvalue weighted by atomic mass is 9.86. The zero-order chi connectivity index (χ0) is 23.1. The molecule has 1 aliphatic heterocycles. The molecule has 2 rings (SSSR count). The molecule has 0 radical (unpaired) electrons. The minimum atomic E-state index is -4.88. The van der Waals surface area contributed by atoms with Crippen LogP contribution in [0.4, 0.5) is 28.4 Å². The number of H-pyrrole nitrogens is 1. The molecule has 1 aliphatic rings. The number of rotatable bonds is 2. The first-order chi connectivity index (χ1) is 13.5. The van der Waals surface area contributed by atoms with E-state index in [1.165, 1.54) is 27.7 Å². The van der Waals surface area contributed by atoms with E-state index in [0.717, 1.165) is 12.3 Å². The van der Waals surface area contributed by atoms with Gasteiger partial charge in [0.2, 0.25) is 0 Å². The Morgan fingerprint density at radius 3 is 2.40 bits per heavy atom. The topological polar surface area (TPSA) is 144 Å². The van der Waals surface area contributed by atoms with Gasteiger partial charge in [0.25, 0.3) is 11.6 Å². The maximum Gasteiger partial charge on any atom is 0.425 e. The van der Waals surface area contributed by atoms with Gasteiger partial charge in [-0.1, -0.05) is 0 Å². The number of aromatic amines is 1. The summed E-state index contributed by atoms with van der Waals surface area (Å²) in [6.45, 7) is 5.52. The number of pyridine rings is 1. The van der Waals surface area contributed by atoms with Crippen LogP contribution in [0.5, 0.6) is 0 Å². The van der Waals surface area contributed by atoms with Crippen LogP contribution in [-0.4, -0.2) is 56.1 Å². The van der Waals surface area contributed by atoms with Gasteiger partial charge < -0.3 is 19.9 Å². The summed E-state index contributed by atoms with van der Waals surface area (Å²) in [5.41, 5.74) is -4.27. The van der Waals surface area contributed by atoms with Crippen molar-refractivity contribution < 1.29 is 37.7 Å². The van der Waals surface area contributed by atoms with Crippen molar-refractivity contribution in [1.29, 1.82) is 0 Å². The van der Waals surface area contributed by atoms with Crippen LogP contribution in [0.15, 0.2) is 22.1 Å². The number of carbonyl (C=O) groups is 2. The fourth-order valence-corrected chi connectivity index (χ4v) is 3.00. The van der Waals surface area contributed by atoms with Gasteiger partial charge in [-0.2, -0.15) is 13.2 Å². The van der Waals surface area contributed by atoms with Gasteiger partial charge in [-0.25, -0.2) is 19.5 Å². The lowest BCUT2D eigenvalue weighted by Gasteiger charge is -2.41. The lowest BCUT2D eigenvalue weighted by Crippen LogP contribution is -2.55. The minimum absolute atomic E-state index is 0.101. The number of aromatic nitrogens is 1. The molecule has 2 amide bonds. The molecule has 1 aromatic heterocycles. The van der Waals surface area contributed by atoms with E-state index >= 15 is 0 Å². The van der Waals surface area contributed by atoms with Crippen molar-refractivity contribution in [1.82, 2.24) is 9.88 Å². The van der Waals surface area contributed by atoms with Crippen LogP contribution in [0.25, 0.3) is 0 Å². The summed E-state index contributed by atoms with van der Waals surface area (Å²) in [4.78, 5) is 41.8. The Labute approximate surface area is 168 Å². The molecule has 0 saturated carbocycles. The van der Waals surface area contributed by atoms with Crippen LogP contribution in [0, 0.1) is 0 Å². The Kier molecular flexibility index (Phi) is 5.79. The molecule has 0 spiro atoms. The first kappa shape index (κ1) is 23.0. The van der Waals surface area contributed by atoms with Crippen molar-refractivity contribution in [3.8, 4) is 0 Å². The minimum Gasteiger partial charge on any atom is -0.465 e. The maximum atomic E-state index is 13.6. The Balaban J connectivity index is 2.70. The summed E-state index contributed by atoms with van der Waals surface area (Å²) in [6, 6.07) is 0.233. The van der Waals surface area contributed by atoms with Gasteiger partial charge in [0, 0.05) is 23.7 Å². The number of alkyl halides is 3. The maximum absolute atomic E-state index is 13.6. The smallest absolute Gasteiger partial charge is 0.425 e. The second kappa shape index (κ2) is 7.54. The van der Waals surface area contributed by atoms with E-state index in [0.29, 0.717) is 4.90 Å². The predicted octanol–water partition coefficient (Wildman–Crippen LogP) is 3.17. The molecule has 0 bridgehead atoms. The van der Waals surface area contributed by atoms with Gasteiger partial charge in [-0.3, -0.25) is 10.1 Å². The summed E-state index contributed by atoms with van der Waals surface area (Å²) in [6.07, 6.45) is -10.2. The van der Waals surface area contributed by atoms with E-state index in [-0.39, 0.29) is 11.3 Å². The highest BCUT2D eigenvalue weighted by Crippen LogP contribution is 2.40. The number of aliphatic imine (C=N–C) groups is 1. The number of halogens is 3. The number of anilines is 1. The van der Waals surface area contributed by atoms with Crippen LogP contribution in [0.3, 0.4) is 0 Å². The van der Waals surface area contributed by atoms with Crippen molar-refractivity contribution in [3.05, 3.63) is 28.2 Å². The summed E-state index contributed by atoms with van der Waals surface area (Å²) in [7, 11) is 0. The van der Waals surface area contributed by atoms with Crippen molar-refractivity contribution >= 4 is 23.9 Å². The SMILES string of the molecule is CC(C)(C)N(C(=O)O)C1=N[C@@](C)(c2cc(NC(=O)O)c[nH]c2=O)C[C@@H](C(F)(F)F)O1. The highest BCUT2D eigenvalue weighted by molar-refractivity contribution is 5.91. The van der Waals surface area contributed by atoms with Gasteiger partial charge in [0.1, 0.15) is 0 Å². The monoisotopic (exact) mass is 434 g/mol. The van der Waals surface area contributed by atoms with Crippen LogP contribution >= 0.6 is 0 Å². The molecule has 166 valence electrons. The second-order valence-corrected chi connectivity index (χ2v) is 7.87. The molecule has 10 nitrogen and oxygen atoms in total. The second-order valence-electron chi connectivity index (χ2n) is 7.87. The average Bonchev–Trinajstić information content (AvgIpc) is 2.53. The van der Waals surface area contributed by atoms with E-state index < -0.39 is 53.5 Å². The molecule has 0 aliphatic carbocycles. The molecule has 13 heteroatoms. The van der Waals surface area contributed by atoms with Crippen LogP contribution < -0.4 is 10.9 Å². The zero-order valence-corrected chi connectivity index (χ0v) is 16.5. The van der Waals surface area contributed by atoms with Crippen molar-refractivity contribution in [2.75, 3.05) is 5.32 Å². The van der Waals surface area contributed by atoms with Crippen LogP contribution in [-0.2, 0) is 10.3 Å². The molecular weight excluding hydrogens is 413 g/mol. The van der Waals surface area contributed by atoms with E-state index in [1.807, 2.05) is 5.32 Å². The summed E-state index contributed by atoms with van der Waals surface area (Å²) in [5.74, 6) is 0. The molecule has 0 aromatic carbocycles. The number of ether oxygens (including phenoxy) is 1. The Morgan fingerprint density at radius 2 is 1.93 bits per heavy atom. The first-order valence-electron chi connectivity index (χ1n) is 8.64. The molecule has 2 atom stereocenters. The molecule has 30 heavy (non-hydrogen) atoms. The number of hydrogen-bond donors (Lipinski definition) is 4. The van der Waals surface area contributed by atoms with Crippen molar-refractivity contribution in [2.24, 2.45) is 4.99 Å². The van der Waals surface area contributed by atoms with Gasteiger partial charge in [-0.05, 0) is 33.8 Å². The molecule has 2 heterocycles. The highest BCUT2D eigenvalue weighted by Gasteiger charge is 2.52. The summed E-state index contributed by atoms with van der Waals surface area (Å²) < 4.78 is 45.6. The number of nitrogens with one attached hydrogen (secondary N) is 2. The Morgan fingerprint density at radius 1 is 1.33 bits per heavy atom. The van der Waals surface area contributed by atoms with Crippen molar-refractivity contribution in [2.45, 2.75) is 57.5 Å². The number of carboxylic acid groups (broad SMARTS) is 2. The molecular formula is C17H21F3N4O6. The highest BCUT2D eigenvalue weighted by atomic mass is 19.4. The fourth-order valence-electron chi connectivity index (χ4n) is 3.00. The fraction of sp³-hybridized carbons (Fsp3) is 0.529. The normalized spacial score (nSPS) is 22.0. The van der Waals surface area contributed by atoms with Gasteiger partial charge >= 0.3 is 18.4 Å². The third kappa shape index (κ3) is 4.83. The standard InChI is InChI=1S/C17H21F3N4O6/c1-15(2,3)24(14(28)29)12-23-16(4,6-10(30-12)17(18,19)20)9-5-8(22-13(26)27)7-21-11(9)25/h5,7,10,22H,6H2,1-4H3,(H,21,25)(H,26,27)(H,28,29)/t10-,16+/m0/s1. The lowest BCUT2D eigenvalue weighted by molar-refractivity contribution is -0.210. The van der Waals surface area contributed by atoms with E-state index in [2.05, 4.69) is 9.98 Å². The Hall–Kier alpha value is -3.25. The van der Waals surface area contributed by atoms with Crippen LogP contribution in [0.2, 0.25) is 0 Å². The molecule has 4 N–H and O–H groups in total. The van der Waals surface area contributed by atoms with Gasteiger partial charge in [0.15, 0.2) is 6.10 Å². The Bertz CT molecular complexity index is 937. The van der Waals surface area contributed by atoms with E-state index in [1.54, 1.807) is 0 Å². The summed E-state index contributed by atoms with van der Waals surface area (Å²) >= 11 is 0. The quantitative estimate of drug-likeness (QED) is 0.563. The van der Waals surface area contributed by atoms with Gasteiger partial charge in [-0.15, -0.1) is 0 Å². The molecule has 0 unspecified atom stereocenters. The van der Waals surface area contributed by atoms with E-state index in [9.17, 15) is 32.7 Å². The molecule has 1 aromatic rings. The third-order valence-corrected chi connectivity index (χ3v) is 4.33. The van der Waals surface area contributed by atoms with E-state index in [4.69, 9.17) is 9.84 Å². The van der Waals surface area contributed by atoms with Crippen LogP contribution in [0.1, 0.15) is 39.7 Å². The molecule has 0 fully saturated rings. The number of nitrogens with zero attached hydrogens (tertiary/aromatic N) is 2. The summed E-state index contributed by atoms with van der Waals surface area (Å²) in [5, 5.41) is 20.4. The molecule has 0 saturated heterocycles. The van der Waals surface area contributed by atoms with Gasteiger partial charge in [0.05, 0.1) is 11.2 Å². The van der Waals surface area contributed by atoms with Crippen molar-refractivity contribution in [3.63, 3.8) is 0 Å². The zero-order valence-electron chi connectivity index (χ0n) is 16.5. The number of hydrogen-bond acceptors (Lipinski definition) is 5. The predicted molar refractivity (Wildman–Crippen MR) is 98.7 cm³/mol. The third-order valence-electron chi connectivity index (χ3n) is 4.33.